The summed E-state index contributed by atoms with van der Waals surface area (Å²) in [7, 11) is 0. The van der Waals surface area contributed by atoms with Crippen molar-refractivity contribution in [1.82, 2.24) is 10.3 Å². The molecule has 5 heteroatoms. The standard InChI is InChI=1S/C18H15ClN2OS/c19-15-3-1-2-13(12-15)6-11-21-18(22)17-5-4-16(23-17)14-7-9-20-10-8-14/h1-5,7-10,12H,6,11H2,(H,21,22). The molecule has 0 aliphatic rings. The van der Waals surface area contributed by atoms with Crippen molar-refractivity contribution in [2.75, 3.05) is 6.54 Å². The molecule has 0 radical (unpaired) electrons. The lowest BCUT2D eigenvalue weighted by molar-refractivity contribution is 0.0958. The van der Waals surface area contributed by atoms with Crippen LogP contribution in [0.2, 0.25) is 5.02 Å². The first kappa shape index (κ1) is 15.7. The predicted molar refractivity (Wildman–Crippen MR) is 95.0 cm³/mol. The molecule has 0 aliphatic heterocycles. The first-order valence-corrected chi connectivity index (χ1v) is 8.45. The minimum atomic E-state index is -0.0441. The molecule has 0 bridgehead atoms. The van der Waals surface area contributed by atoms with Crippen LogP contribution in [-0.2, 0) is 6.42 Å². The van der Waals surface area contributed by atoms with E-state index in [4.69, 9.17) is 11.6 Å². The van der Waals surface area contributed by atoms with Gasteiger partial charge in [-0.15, -0.1) is 11.3 Å². The van der Waals surface area contributed by atoms with E-state index in [1.807, 2.05) is 48.5 Å². The van der Waals surface area contributed by atoms with Crippen LogP contribution in [0.4, 0.5) is 0 Å². The molecule has 23 heavy (non-hydrogen) atoms. The molecule has 0 aliphatic carbocycles. The number of nitrogens with zero attached hydrogens (tertiary/aromatic N) is 1. The molecule has 0 saturated carbocycles. The number of pyridine rings is 1. The van der Waals surface area contributed by atoms with Crippen LogP contribution in [0.3, 0.4) is 0 Å². The third-order valence-corrected chi connectivity index (χ3v) is 4.75. The molecule has 1 amide bonds. The zero-order valence-electron chi connectivity index (χ0n) is 12.3. The van der Waals surface area contributed by atoms with Crippen LogP contribution in [0.15, 0.2) is 60.9 Å². The Balaban J connectivity index is 1.58. The smallest absolute Gasteiger partial charge is 0.261 e. The van der Waals surface area contributed by atoms with Crippen LogP contribution in [0.5, 0.6) is 0 Å². The van der Waals surface area contributed by atoms with E-state index in [0.29, 0.717) is 16.4 Å². The fourth-order valence-corrected chi connectivity index (χ4v) is 3.37. The summed E-state index contributed by atoms with van der Waals surface area (Å²) in [6, 6.07) is 15.4. The molecule has 0 saturated heterocycles. The summed E-state index contributed by atoms with van der Waals surface area (Å²) in [4.78, 5) is 18.0. The van der Waals surface area contributed by atoms with Crippen molar-refractivity contribution in [1.29, 1.82) is 0 Å². The van der Waals surface area contributed by atoms with Gasteiger partial charge in [-0.2, -0.15) is 0 Å². The molecule has 1 N–H and O–H groups in total. The van der Waals surface area contributed by atoms with Crippen molar-refractivity contribution in [3.8, 4) is 10.4 Å². The predicted octanol–water partition coefficient (Wildman–Crippen LogP) is 4.44. The third kappa shape index (κ3) is 4.18. The third-order valence-electron chi connectivity index (χ3n) is 3.38. The fourth-order valence-electron chi connectivity index (χ4n) is 2.23. The molecule has 3 nitrogen and oxygen atoms in total. The van der Waals surface area contributed by atoms with E-state index in [1.165, 1.54) is 11.3 Å². The Labute approximate surface area is 144 Å². The van der Waals surface area contributed by atoms with Crippen molar-refractivity contribution in [2.45, 2.75) is 6.42 Å². The summed E-state index contributed by atoms with van der Waals surface area (Å²) >= 11 is 7.43. The Morgan fingerprint density at radius 2 is 1.96 bits per heavy atom. The van der Waals surface area contributed by atoms with E-state index < -0.39 is 0 Å². The number of aromatic nitrogens is 1. The molecule has 2 heterocycles. The molecule has 0 spiro atoms. The Hall–Kier alpha value is -2.17. The Kier molecular flexibility index (Phi) is 5.05. The van der Waals surface area contributed by atoms with Crippen LogP contribution < -0.4 is 5.32 Å². The lowest BCUT2D eigenvalue weighted by Crippen LogP contribution is -2.24. The summed E-state index contributed by atoms with van der Waals surface area (Å²) in [6.07, 6.45) is 4.26. The average Bonchev–Trinajstić information content (AvgIpc) is 3.06. The molecule has 0 fully saturated rings. The summed E-state index contributed by atoms with van der Waals surface area (Å²) in [5, 5.41) is 3.66. The maximum Gasteiger partial charge on any atom is 0.261 e. The van der Waals surface area contributed by atoms with Gasteiger partial charge in [-0.3, -0.25) is 9.78 Å². The number of thiophene rings is 1. The van der Waals surface area contributed by atoms with Gasteiger partial charge in [-0.25, -0.2) is 0 Å². The number of benzene rings is 1. The summed E-state index contributed by atoms with van der Waals surface area (Å²) in [5.74, 6) is -0.0441. The number of halogens is 1. The van der Waals surface area contributed by atoms with E-state index >= 15 is 0 Å². The molecular formula is C18H15ClN2OS. The van der Waals surface area contributed by atoms with Gasteiger partial charge >= 0.3 is 0 Å². The average molecular weight is 343 g/mol. The Morgan fingerprint density at radius 1 is 1.13 bits per heavy atom. The van der Waals surface area contributed by atoms with Gasteiger partial charge in [0.15, 0.2) is 0 Å². The van der Waals surface area contributed by atoms with E-state index in [2.05, 4.69) is 10.3 Å². The van der Waals surface area contributed by atoms with E-state index in [-0.39, 0.29) is 5.91 Å². The molecule has 116 valence electrons. The Morgan fingerprint density at radius 3 is 2.74 bits per heavy atom. The highest BCUT2D eigenvalue weighted by atomic mass is 35.5. The molecule has 0 atom stereocenters. The highest BCUT2D eigenvalue weighted by Crippen LogP contribution is 2.27. The molecular weight excluding hydrogens is 328 g/mol. The number of hydrogen-bond acceptors (Lipinski definition) is 3. The molecule has 2 aromatic heterocycles. The SMILES string of the molecule is O=C(NCCc1cccc(Cl)c1)c1ccc(-c2ccncc2)s1. The van der Waals surface area contributed by atoms with E-state index in [1.54, 1.807) is 12.4 Å². The van der Waals surface area contributed by atoms with Gasteiger partial charge in [0.1, 0.15) is 0 Å². The highest BCUT2D eigenvalue weighted by molar-refractivity contribution is 7.17. The molecule has 3 rings (SSSR count). The van der Waals surface area contributed by atoms with Crippen LogP contribution in [0.1, 0.15) is 15.2 Å². The fraction of sp³-hybridized carbons (Fsp3) is 0.111. The van der Waals surface area contributed by atoms with Gasteiger partial charge in [0.05, 0.1) is 4.88 Å². The monoisotopic (exact) mass is 342 g/mol. The van der Waals surface area contributed by atoms with Gasteiger partial charge in [0, 0.05) is 28.8 Å². The number of rotatable bonds is 5. The molecule has 1 aromatic carbocycles. The summed E-state index contributed by atoms with van der Waals surface area (Å²) < 4.78 is 0. The summed E-state index contributed by atoms with van der Waals surface area (Å²) in [6.45, 7) is 0.585. The van der Waals surface area contributed by atoms with Crippen molar-refractivity contribution in [2.24, 2.45) is 0 Å². The lowest BCUT2D eigenvalue weighted by Gasteiger charge is -2.04. The van der Waals surface area contributed by atoms with Gasteiger partial charge in [-0.05, 0) is 53.9 Å². The number of carbonyl (C=O) groups is 1. The minimum absolute atomic E-state index is 0.0441. The second-order valence-corrected chi connectivity index (χ2v) is 6.56. The first-order chi connectivity index (χ1) is 11.2. The number of hydrogen-bond donors (Lipinski definition) is 1. The van der Waals surface area contributed by atoms with Crippen molar-refractivity contribution in [3.63, 3.8) is 0 Å². The zero-order valence-corrected chi connectivity index (χ0v) is 13.9. The maximum atomic E-state index is 12.2. The van der Waals surface area contributed by atoms with Gasteiger partial charge in [-0.1, -0.05) is 23.7 Å². The van der Waals surface area contributed by atoms with Crippen molar-refractivity contribution < 1.29 is 4.79 Å². The number of nitrogens with one attached hydrogen (secondary N) is 1. The first-order valence-electron chi connectivity index (χ1n) is 7.25. The lowest BCUT2D eigenvalue weighted by atomic mass is 10.1. The Bertz CT molecular complexity index is 802. The van der Waals surface area contributed by atoms with Gasteiger partial charge in [0.25, 0.3) is 5.91 Å². The molecule has 0 unspecified atom stereocenters. The topological polar surface area (TPSA) is 42.0 Å². The second-order valence-electron chi connectivity index (χ2n) is 5.04. The van der Waals surface area contributed by atoms with Gasteiger partial charge < -0.3 is 5.32 Å². The quantitative estimate of drug-likeness (QED) is 0.745. The second kappa shape index (κ2) is 7.40. The largest absolute Gasteiger partial charge is 0.351 e. The van der Waals surface area contributed by atoms with Crippen molar-refractivity contribution >= 4 is 28.8 Å². The normalized spacial score (nSPS) is 10.5. The van der Waals surface area contributed by atoms with Gasteiger partial charge in [0.2, 0.25) is 0 Å². The van der Waals surface area contributed by atoms with Crippen molar-refractivity contribution in [3.05, 3.63) is 76.4 Å². The molecule has 3 aromatic rings. The van der Waals surface area contributed by atoms with E-state index in [9.17, 15) is 4.79 Å². The summed E-state index contributed by atoms with van der Waals surface area (Å²) in [5.41, 5.74) is 2.18. The minimum Gasteiger partial charge on any atom is -0.351 e. The van der Waals surface area contributed by atoms with Crippen LogP contribution in [0.25, 0.3) is 10.4 Å². The number of amides is 1. The van der Waals surface area contributed by atoms with Crippen LogP contribution in [0, 0.1) is 0 Å². The zero-order chi connectivity index (χ0) is 16.1. The van der Waals surface area contributed by atoms with E-state index in [0.717, 1.165) is 22.4 Å². The van der Waals surface area contributed by atoms with Crippen LogP contribution in [-0.4, -0.2) is 17.4 Å². The number of carbonyl (C=O) groups excluding carboxylic acids is 1. The maximum absolute atomic E-state index is 12.2. The van der Waals surface area contributed by atoms with Crippen LogP contribution >= 0.6 is 22.9 Å². The highest BCUT2D eigenvalue weighted by Gasteiger charge is 2.09.